The number of urea groups is 1. The van der Waals surface area contributed by atoms with Gasteiger partial charge < -0.3 is 10.2 Å². The Bertz CT molecular complexity index is 875. The van der Waals surface area contributed by atoms with Gasteiger partial charge in [0, 0.05) is 43.3 Å². The summed E-state index contributed by atoms with van der Waals surface area (Å²) in [6.07, 6.45) is 0. The van der Waals surface area contributed by atoms with Crippen LogP contribution in [0.3, 0.4) is 0 Å². The van der Waals surface area contributed by atoms with E-state index < -0.39 is 10.0 Å². The van der Waals surface area contributed by atoms with Crippen LogP contribution in [0, 0.1) is 0 Å². The first-order valence-electron chi connectivity index (χ1n) is 7.96. The first kappa shape index (κ1) is 19.1. The normalized spacial score (nSPS) is 15.8. The second-order valence-corrected chi connectivity index (χ2v) is 9.33. The highest BCUT2D eigenvalue weighted by Crippen LogP contribution is 2.23. The van der Waals surface area contributed by atoms with E-state index in [4.69, 9.17) is 16.7 Å². The van der Waals surface area contributed by atoms with Gasteiger partial charge in [-0.2, -0.15) is 0 Å². The molecule has 2 heterocycles. The number of hydrogen-bond acceptors (Lipinski definition) is 5. The van der Waals surface area contributed by atoms with Crippen molar-refractivity contribution in [3.05, 3.63) is 45.6 Å². The number of carbonyl (C=O) groups is 1. The number of piperazine rings is 1. The maximum atomic E-state index is 12.4. The van der Waals surface area contributed by atoms with Crippen molar-refractivity contribution in [3.8, 4) is 0 Å². The summed E-state index contributed by atoms with van der Waals surface area (Å²) in [6.45, 7) is 3.66. The number of anilines is 1. The maximum absolute atomic E-state index is 12.4. The second kappa shape index (κ2) is 7.93. The lowest BCUT2D eigenvalue weighted by Gasteiger charge is -2.34. The molecule has 1 aromatic carbocycles. The lowest BCUT2D eigenvalue weighted by Crippen LogP contribution is -2.49. The zero-order chi connectivity index (χ0) is 18.7. The Morgan fingerprint density at radius 2 is 1.77 bits per heavy atom. The van der Waals surface area contributed by atoms with E-state index in [1.165, 1.54) is 29.1 Å². The summed E-state index contributed by atoms with van der Waals surface area (Å²) in [5, 5.41) is 7.84. The van der Waals surface area contributed by atoms with E-state index in [1.807, 2.05) is 12.1 Å². The average molecular weight is 415 g/mol. The number of hydrogen-bond donors (Lipinski definition) is 2. The molecule has 0 aliphatic carbocycles. The lowest BCUT2D eigenvalue weighted by molar-refractivity contribution is 0.143. The van der Waals surface area contributed by atoms with Gasteiger partial charge in [-0.15, -0.1) is 11.3 Å². The van der Waals surface area contributed by atoms with Gasteiger partial charge in [0.25, 0.3) is 0 Å². The fourth-order valence-corrected chi connectivity index (χ4v) is 4.34. The first-order valence-corrected chi connectivity index (χ1v) is 10.7. The van der Waals surface area contributed by atoms with Crippen molar-refractivity contribution in [2.24, 2.45) is 5.14 Å². The zero-order valence-corrected chi connectivity index (χ0v) is 16.3. The Balaban J connectivity index is 1.50. The molecule has 7 nitrogen and oxygen atoms in total. The molecule has 140 valence electrons. The molecule has 1 aromatic heterocycles. The molecule has 0 atom stereocenters. The van der Waals surface area contributed by atoms with Crippen LogP contribution in [-0.2, 0) is 16.6 Å². The Hall–Kier alpha value is -1.65. The minimum absolute atomic E-state index is 0.0118. The molecule has 1 aliphatic rings. The van der Waals surface area contributed by atoms with Gasteiger partial charge in [-0.3, -0.25) is 4.90 Å². The Kier molecular flexibility index (Phi) is 5.83. The molecule has 3 N–H and O–H groups in total. The smallest absolute Gasteiger partial charge is 0.321 e. The van der Waals surface area contributed by atoms with E-state index in [2.05, 4.69) is 10.2 Å². The fourth-order valence-electron chi connectivity index (χ4n) is 2.70. The molecule has 0 bridgehead atoms. The molecular weight excluding hydrogens is 396 g/mol. The molecule has 1 fully saturated rings. The predicted octanol–water partition coefficient (Wildman–Crippen LogP) is 2.40. The summed E-state index contributed by atoms with van der Waals surface area (Å²) in [7, 11) is -3.74. The van der Waals surface area contributed by atoms with E-state index in [9.17, 15) is 13.2 Å². The molecule has 1 saturated heterocycles. The van der Waals surface area contributed by atoms with E-state index in [0.29, 0.717) is 18.8 Å². The van der Waals surface area contributed by atoms with Crippen LogP contribution in [0.25, 0.3) is 0 Å². The first-order chi connectivity index (χ1) is 12.3. The molecule has 1 aliphatic heterocycles. The molecule has 0 unspecified atom stereocenters. The van der Waals surface area contributed by atoms with Crippen LogP contribution in [0.1, 0.15) is 4.88 Å². The van der Waals surface area contributed by atoms with Crippen LogP contribution in [0.4, 0.5) is 10.5 Å². The third kappa shape index (κ3) is 4.95. The van der Waals surface area contributed by atoms with Crippen LogP contribution < -0.4 is 10.5 Å². The predicted molar refractivity (Wildman–Crippen MR) is 103 cm³/mol. The standard InChI is InChI=1S/C16H19ClN4O3S2/c17-15-6-3-13(25-15)11-20-7-9-21(10-8-20)16(22)19-12-1-4-14(5-2-12)26(18,23)24/h1-6H,7-11H2,(H,19,22)(H2,18,23,24). The number of nitrogens with one attached hydrogen (secondary N) is 1. The number of rotatable bonds is 4. The van der Waals surface area contributed by atoms with Crippen molar-refractivity contribution < 1.29 is 13.2 Å². The number of nitrogens with zero attached hydrogens (tertiary/aromatic N) is 2. The number of sulfonamides is 1. The quantitative estimate of drug-likeness (QED) is 0.802. The number of nitrogens with two attached hydrogens (primary N) is 1. The SMILES string of the molecule is NS(=O)(=O)c1ccc(NC(=O)N2CCN(Cc3ccc(Cl)s3)CC2)cc1. The van der Waals surface area contributed by atoms with Gasteiger partial charge in [-0.25, -0.2) is 18.4 Å². The van der Waals surface area contributed by atoms with Crippen molar-refractivity contribution in [2.75, 3.05) is 31.5 Å². The van der Waals surface area contributed by atoms with Gasteiger partial charge >= 0.3 is 6.03 Å². The molecule has 10 heteroatoms. The molecular formula is C16H19ClN4O3S2. The highest BCUT2D eigenvalue weighted by molar-refractivity contribution is 7.89. The van der Waals surface area contributed by atoms with Gasteiger partial charge in [0.05, 0.1) is 9.23 Å². The molecule has 26 heavy (non-hydrogen) atoms. The summed E-state index contributed by atoms with van der Waals surface area (Å²) in [5.41, 5.74) is 0.526. The second-order valence-electron chi connectivity index (χ2n) is 5.97. The van der Waals surface area contributed by atoms with Gasteiger partial charge in [0.15, 0.2) is 0 Å². The highest BCUT2D eigenvalue weighted by atomic mass is 35.5. The number of halogens is 1. The Morgan fingerprint density at radius 3 is 2.31 bits per heavy atom. The summed E-state index contributed by atoms with van der Waals surface area (Å²) in [4.78, 5) is 17.6. The summed E-state index contributed by atoms with van der Waals surface area (Å²) in [5.74, 6) is 0. The molecule has 3 rings (SSSR count). The molecule has 0 radical (unpaired) electrons. The van der Waals surface area contributed by atoms with Crippen LogP contribution in [-0.4, -0.2) is 50.4 Å². The average Bonchev–Trinajstić information content (AvgIpc) is 3.00. The Labute approximate surface area is 161 Å². The third-order valence-electron chi connectivity index (χ3n) is 4.10. The van der Waals surface area contributed by atoms with Gasteiger partial charge in [-0.1, -0.05) is 11.6 Å². The minimum Gasteiger partial charge on any atom is -0.322 e. The third-order valence-corrected chi connectivity index (χ3v) is 6.25. The summed E-state index contributed by atoms with van der Waals surface area (Å²) < 4.78 is 23.3. The number of benzene rings is 1. The molecule has 2 aromatic rings. The van der Waals surface area contributed by atoms with Crippen LogP contribution in [0.5, 0.6) is 0 Å². The molecule has 0 saturated carbocycles. The van der Waals surface area contributed by atoms with E-state index in [1.54, 1.807) is 16.2 Å². The van der Waals surface area contributed by atoms with Crippen LogP contribution in [0.2, 0.25) is 4.34 Å². The van der Waals surface area contributed by atoms with Crippen molar-refractivity contribution >= 4 is 44.7 Å². The lowest BCUT2D eigenvalue weighted by atomic mass is 10.3. The van der Waals surface area contributed by atoms with E-state index >= 15 is 0 Å². The van der Waals surface area contributed by atoms with Crippen molar-refractivity contribution in [1.82, 2.24) is 9.80 Å². The largest absolute Gasteiger partial charge is 0.322 e. The van der Waals surface area contributed by atoms with Crippen molar-refractivity contribution in [1.29, 1.82) is 0 Å². The topological polar surface area (TPSA) is 95.7 Å². The van der Waals surface area contributed by atoms with E-state index in [-0.39, 0.29) is 10.9 Å². The Morgan fingerprint density at radius 1 is 1.12 bits per heavy atom. The summed E-state index contributed by atoms with van der Waals surface area (Å²) >= 11 is 7.53. The highest BCUT2D eigenvalue weighted by Gasteiger charge is 2.21. The zero-order valence-electron chi connectivity index (χ0n) is 13.9. The van der Waals surface area contributed by atoms with Crippen molar-refractivity contribution in [2.45, 2.75) is 11.4 Å². The minimum atomic E-state index is -3.74. The van der Waals surface area contributed by atoms with Gasteiger partial charge in [0.2, 0.25) is 10.0 Å². The maximum Gasteiger partial charge on any atom is 0.321 e. The van der Waals surface area contributed by atoms with Gasteiger partial charge in [0.1, 0.15) is 0 Å². The molecule has 0 spiro atoms. The van der Waals surface area contributed by atoms with E-state index in [0.717, 1.165) is 24.0 Å². The summed E-state index contributed by atoms with van der Waals surface area (Å²) in [6, 6.07) is 9.50. The number of primary sulfonamides is 1. The fraction of sp³-hybridized carbons (Fsp3) is 0.312. The van der Waals surface area contributed by atoms with Crippen LogP contribution in [0.15, 0.2) is 41.3 Å². The van der Waals surface area contributed by atoms with Crippen LogP contribution >= 0.6 is 22.9 Å². The van der Waals surface area contributed by atoms with Gasteiger partial charge in [-0.05, 0) is 36.4 Å². The monoisotopic (exact) mass is 414 g/mol. The number of carbonyl (C=O) groups excluding carboxylic acids is 1. The van der Waals surface area contributed by atoms with Crippen molar-refractivity contribution in [3.63, 3.8) is 0 Å². The molecule has 2 amide bonds. The number of amides is 2. The number of thiophene rings is 1.